The molecule has 6 heteroatoms. The summed E-state index contributed by atoms with van der Waals surface area (Å²) in [7, 11) is 1.69. The molecule has 0 bridgehead atoms. The second kappa shape index (κ2) is 4.79. The molecule has 0 spiro atoms. The van der Waals surface area contributed by atoms with Gasteiger partial charge in [-0.15, -0.1) is 0 Å². The number of benzene rings is 1. The third-order valence-corrected chi connectivity index (χ3v) is 4.26. The fraction of sp³-hybridized carbons (Fsp3) is 0.385. The molecule has 19 heavy (non-hydrogen) atoms. The summed E-state index contributed by atoms with van der Waals surface area (Å²) in [6.45, 7) is 1.42. The molecule has 0 aliphatic carbocycles. The number of likely N-dealkylation sites (tertiary alicyclic amines) is 1. The normalized spacial score (nSPS) is 19.2. The molecule has 1 fully saturated rings. The van der Waals surface area contributed by atoms with Crippen molar-refractivity contribution in [3.63, 3.8) is 0 Å². The summed E-state index contributed by atoms with van der Waals surface area (Å²) in [4.78, 5) is 18.4. The van der Waals surface area contributed by atoms with E-state index in [0.29, 0.717) is 17.2 Å². The van der Waals surface area contributed by atoms with Crippen LogP contribution in [0.25, 0.3) is 10.2 Å². The molecule has 1 aliphatic rings. The molecule has 3 rings (SSSR count). The quantitative estimate of drug-likeness (QED) is 0.908. The van der Waals surface area contributed by atoms with Gasteiger partial charge in [-0.05, 0) is 24.6 Å². The monoisotopic (exact) mass is 277 g/mol. The Labute approximate surface area is 115 Å². The lowest BCUT2D eigenvalue weighted by molar-refractivity contribution is 0.0724. The fourth-order valence-corrected chi connectivity index (χ4v) is 3.14. The predicted octanol–water partition coefficient (Wildman–Crippen LogP) is 1.74. The van der Waals surface area contributed by atoms with Crippen molar-refractivity contribution >= 4 is 32.6 Å². The standard InChI is InChI=1S/C13H15N3O2S/c1-18-9-4-5-16(7-9)12(17)8-2-3-10-11(6-8)19-13(14)15-10/h2-3,6,9H,4-5,7H2,1H3,(H2,14,15). The summed E-state index contributed by atoms with van der Waals surface area (Å²) >= 11 is 1.40. The molecule has 100 valence electrons. The van der Waals surface area contributed by atoms with Crippen LogP contribution in [0.3, 0.4) is 0 Å². The average molecular weight is 277 g/mol. The smallest absolute Gasteiger partial charge is 0.253 e. The Hall–Kier alpha value is -1.66. The SMILES string of the molecule is COC1CCN(C(=O)c2ccc3nc(N)sc3c2)C1. The molecule has 1 aromatic carbocycles. The molecular formula is C13H15N3O2S. The summed E-state index contributed by atoms with van der Waals surface area (Å²) in [6, 6.07) is 5.52. The van der Waals surface area contributed by atoms with Crippen molar-refractivity contribution < 1.29 is 9.53 Å². The highest BCUT2D eigenvalue weighted by atomic mass is 32.1. The number of carbonyl (C=O) groups excluding carboxylic acids is 1. The Bertz CT molecular complexity index is 625. The van der Waals surface area contributed by atoms with Gasteiger partial charge < -0.3 is 15.4 Å². The molecule has 2 N–H and O–H groups in total. The molecule has 1 amide bonds. The van der Waals surface area contributed by atoms with Crippen LogP contribution in [0.2, 0.25) is 0 Å². The number of nitrogen functional groups attached to an aromatic ring is 1. The van der Waals surface area contributed by atoms with Crippen molar-refractivity contribution in [2.24, 2.45) is 0 Å². The Balaban J connectivity index is 1.85. The predicted molar refractivity (Wildman–Crippen MR) is 75.3 cm³/mol. The van der Waals surface area contributed by atoms with E-state index < -0.39 is 0 Å². The van der Waals surface area contributed by atoms with Gasteiger partial charge in [0.1, 0.15) is 0 Å². The zero-order valence-corrected chi connectivity index (χ0v) is 11.4. The van der Waals surface area contributed by atoms with Crippen LogP contribution in [-0.2, 0) is 4.74 Å². The van der Waals surface area contributed by atoms with Crippen LogP contribution >= 0.6 is 11.3 Å². The Morgan fingerprint density at radius 1 is 1.58 bits per heavy atom. The molecule has 1 atom stereocenters. The first-order chi connectivity index (χ1) is 9.17. The van der Waals surface area contributed by atoms with E-state index in [0.717, 1.165) is 23.2 Å². The number of amides is 1. The first-order valence-corrected chi connectivity index (χ1v) is 6.97. The van der Waals surface area contributed by atoms with E-state index >= 15 is 0 Å². The van der Waals surface area contributed by atoms with Gasteiger partial charge in [0.25, 0.3) is 5.91 Å². The number of anilines is 1. The first kappa shape index (κ1) is 12.4. The molecule has 1 unspecified atom stereocenters. The van der Waals surface area contributed by atoms with Gasteiger partial charge >= 0.3 is 0 Å². The van der Waals surface area contributed by atoms with Crippen LogP contribution in [0, 0.1) is 0 Å². The van der Waals surface area contributed by atoms with E-state index in [-0.39, 0.29) is 12.0 Å². The summed E-state index contributed by atoms with van der Waals surface area (Å²) in [6.07, 6.45) is 1.06. The van der Waals surface area contributed by atoms with E-state index in [9.17, 15) is 4.79 Å². The fourth-order valence-electron chi connectivity index (χ4n) is 2.36. The number of carbonyl (C=O) groups is 1. The topological polar surface area (TPSA) is 68.5 Å². The molecule has 0 saturated carbocycles. The van der Waals surface area contributed by atoms with Crippen molar-refractivity contribution in [3.05, 3.63) is 23.8 Å². The molecule has 2 heterocycles. The van der Waals surface area contributed by atoms with Gasteiger partial charge in [-0.25, -0.2) is 4.98 Å². The minimum Gasteiger partial charge on any atom is -0.380 e. The number of nitrogens with two attached hydrogens (primary N) is 1. The van der Waals surface area contributed by atoms with Crippen LogP contribution in [0.5, 0.6) is 0 Å². The molecule has 2 aromatic rings. The van der Waals surface area contributed by atoms with E-state index in [1.807, 2.05) is 23.1 Å². The molecule has 1 aliphatic heterocycles. The molecule has 1 saturated heterocycles. The Morgan fingerprint density at radius 2 is 2.42 bits per heavy atom. The van der Waals surface area contributed by atoms with Crippen LogP contribution in [0.1, 0.15) is 16.8 Å². The number of ether oxygens (including phenoxy) is 1. The lowest BCUT2D eigenvalue weighted by Gasteiger charge is -2.16. The number of methoxy groups -OCH3 is 1. The van der Waals surface area contributed by atoms with E-state index in [1.54, 1.807) is 7.11 Å². The zero-order chi connectivity index (χ0) is 13.4. The van der Waals surface area contributed by atoms with Gasteiger partial charge in [0, 0.05) is 25.8 Å². The number of rotatable bonds is 2. The number of nitrogens with zero attached hydrogens (tertiary/aromatic N) is 2. The van der Waals surface area contributed by atoms with Crippen molar-refractivity contribution in [2.75, 3.05) is 25.9 Å². The number of aromatic nitrogens is 1. The number of thiazole rings is 1. The van der Waals surface area contributed by atoms with E-state index in [4.69, 9.17) is 10.5 Å². The maximum Gasteiger partial charge on any atom is 0.253 e. The second-order valence-electron chi connectivity index (χ2n) is 4.63. The highest BCUT2D eigenvalue weighted by Crippen LogP contribution is 2.25. The van der Waals surface area contributed by atoms with Crippen LogP contribution in [0.15, 0.2) is 18.2 Å². The summed E-state index contributed by atoms with van der Waals surface area (Å²) in [5.74, 6) is 0.0495. The summed E-state index contributed by atoms with van der Waals surface area (Å²) in [5, 5.41) is 0.528. The molecule has 1 aromatic heterocycles. The van der Waals surface area contributed by atoms with Crippen LogP contribution in [-0.4, -0.2) is 42.1 Å². The average Bonchev–Trinajstić information content (AvgIpc) is 3.01. The first-order valence-electron chi connectivity index (χ1n) is 6.15. The lowest BCUT2D eigenvalue weighted by atomic mass is 10.2. The lowest BCUT2D eigenvalue weighted by Crippen LogP contribution is -2.29. The van der Waals surface area contributed by atoms with Gasteiger partial charge in [0.2, 0.25) is 0 Å². The number of hydrogen-bond acceptors (Lipinski definition) is 5. The van der Waals surface area contributed by atoms with Crippen molar-refractivity contribution in [1.82, 2.24) is 9.88 Å². The van der Waals surface area contributed by atoms with E-state index in [1.165, 1.54) is 11.3 Å². The van der Waals surface area contributed by atoms with E-state index in [2.05, 4.69) is 4.98 Å². The van der Waals surface area contributed by atoms with Crippen molar-refractivity contribution in [1.29, 1.82) is 0 Å². The maximum atomic E-state index is 12.4. The summed E-state index contributed by atoms with van der Waals surface area (Å²) in [5.41, 5.74) is 7.20. The highest BCUT2D eigenvalue weighted by Gasteiger charge is 2.26. The Morgan fingerprint density at radius 3 is 3.16 bits per heavy atom. The summed E-state index contributed by atoms with van der Waals surface area (Å²) < 4.78 is 6.23. The second-order valence-corrected chi connectivity index (χ2v) is 5.69. The minimum absolute atomic E-state index is 0.0495. The van der Waals surface area contributed by atoms with Crippen molar-refractivity contribution in [3.8, 4) is 0 Å². The van der Waals surface area contributed by atoms with Gasteiger partial charge in [-0.3, -0.25) is 4.79 Å². The molecule has 0 radical (unpaired) electrons. The largest absolute Gasteiger partial charge is 0.380 e. The third kappa shape index (κ3) is 2.29. The third-order valence-electron chi connectivity index (χ3n) is 3.42. The number of hydrogen-bond donors (Lipinski definition) is 1. The minimum atomic E-state index is 0.0495. The van der Waals surface area contributed by atoms with Crippen LogP contribution in [0.4, 0.5) is 5.13 Å². The maximum absolute atomic E-state index is 12.4. The number of fused-ring (bicyclic) bond motifs is 1. The molecule has 5 nitrogen and oxygen atoms in total. The van der Waals surface area contributed by atoms with Gasteiger partial charge in [0.05, 0.1) is 16.3 Å². The van der Waals surface area contributed by atoms with Gasteiger partial charge in [0.15, 0.2) is 5.13 Å². The zero-order valence-electron chi connectivity index (χ0n) is 10.6. The molecular weight excluding hydrogens is 262 g/mol. The van der Waals surface area contributed by atoms with Gasteiger partial charge in [-0.1, -0.05) is 11.3 Å². The highest BCUT2D eigenvalue weighted by molar-refractivity contribution is 7.22. The van der Waals surface area contributed by atoms with Crippen molar-refractivity contribution in [2.45, 2.75) is 12.5 Å². The van der Waals surface area contributed by atoms with Gasteiger partial charge in [-0.2, -0.15) is 0 Å². The Kier molecular flexibility index (Phi) is 3.12. The van der Waals surface area contributed by atoms with Crippen LogP contribution < -0.4 is 5.73 Å².